The van der Waals surface area contributed by atoms with Crippen molar-refractivity contribution in [3.8, 4) is 0 Å². The maximum absolute atomic E-state index is 13.2. The van der Waals surface area contributed by atoms with Crippen LogP contribution >= 0.6 is 23.1 Å². The largest absolute Gasteiger partial charge is 0.368 e. The van der Waals surface area contributed by atoms with E-state index in [-0.39, 0.29) is 11.7 Å². The molecule has 2 aromatic heterocycles. The molecule has 1 aromatic carbocycles. The van der Waals surface area contributed by atoms with Crippen LogP contribution in [0.5, 0.6) is 0 Å². The number of nitrogens with zero attached hydrogens (tertiary/aromatic N) is 6. The van der Waals surface area contributed by atoms with Gasteiger partial charge in [-0.25, -0.2) is 14.4 Å². The lowest BCUT2D eigenvalue weighted by Crippen LogP contribution is -2.49. The fraction of sp³-hybridized carbons (Fsp3) is 0.478. The molecule has 7 nitrogen and oxygen atoms in total. The topological polar surface area (TPSA) is 65.5 Å². The first-order valence-corrected chi connectivity index (χ1v) is 13.1. The van der Waals surface area contributed by atoms with E-state index in [9.17, 15) is 9.18 Å². The van der Waals surface area contributed by atoms with E-state index in [1.165, 1.54) is 36.7 Å². The summed E-state index contributed by atoms with van der Waals surface area (Å²) in [6, 6.07) is 6.53. The molecular weight excluding hydrogens is 459 g/mol. The molecule has 0 atom stereocenters. The fourth-order valence-electron chi connectivity index (χ4n) is 4.25. The maximum atomic E-state index is 13.2. The molecule has 0 saturated carbocycles. The van der Waals surface area contributed by atoms with Gasteiger partial charge in [0, 0.05) is 45.0 Å². The Labute approximate surface area is 201 Å². The molecule has 0 unspecified atom stereocenters. The van der Waals surface area contributed by atoms with Gasteiger partial charge in [0.2, 0.25) is 5.91 Å². The SMILES string of the molecule is CC1CCN(c2nc3ncnc(SCC(=O)N4CCN(c5ccc(F)cc5)CC4)c3s2)CC1. The molecule has 174 valence electrons. The van der Waals surface area contributed by atoms with Crippen molar-refractivity contribution < 1.29 is 9.18 Å². The zero-order valence-electron chi connectivity index (χ0n) is 18.6. The highest BCUT2D eigenvalue weighted by Gasteiger charge is 2.23. The first-order chi connectivity index (χ1) is 16.1. The molecule has 2 aliphatic heterocycles. The van der Waals surface area contributed by atoms with Crippen LogP contribution in [0.25, 0.3) is 10.3 Å². The Hall–Kier alpha value is -2.46. The summed E-state index contributed by atoms with van der Waals surface area (Å²) < 4.78 is 14.1. The number of thioether (sulfide) groups is 1. The summed E-state index contributed by atoms with van der Waals surface area (Å²) in [5, 5.41) is 1.83. The lowest BCUT2D eigenvalue weighted by molar-refractivity contribution is -0.128. The molecule has 3 aromatic rings. The van der Waals surface area contributed by atoms with Crippen LogP contribution < -0.4 is 9.80 Å². The number of benzene rings is 1. The Balaban J connectivity index is 1.18. The number of thiazole rings is 1. The summed E-state index contributed by atoms with van der Waals surface area (Å²) in [4.78, 5) is 32.8. The van der Waals surface area contributed by atoms with Crippen molar-refractivity contribution in [3.63, 3.8) is 0 Å². The molecule has 0 aliphatic carbocycles. The number of carbonyl (C=O) groups is 1. The van der Waals surface area contributed by atoms with Gasteiger partial charge in [0.15, 0.2) is 10.8 Å². The number of halogens is 1. The third-order valence-corrected chi connectivity index (χ3v) is 8.57. The van der Waals surface area contributed by atoms with Gasteiger partial charge in [-0.05, 0) is 43.0 Å². The third kappa shape index (κ3) is 5.06. The Morgan fingerprint density at radius 1 is 1.06 bits per heavy atom. The van der Waals surface area contributed by atoms with Gasteiger partial charge >= 0.3 is 0 Å². The summed E-state index contributed by atoms with van der Waals surface area (Å²) in [5.74, 6) is 0.990. The molecule has 33 heavy (non-hydrogen) atoms. The maximum Gasteiger partial charge on any atom is 0.233 e. The van der Waals surface area contributed by atoms with Gasteiger partial charge in [0.05, 0.1) is 5.75 Å². The van der Waals surface area contributed by atoms with Crippen molar-refractivity contribution in [3.05, 3.63) is 36.4 Å². The van der Waals surface area contributed by atoms with Crippen LogP contribution in [0.4, 0.5) is 15.2 Å². The second kappa shape index (κ2) is 9.80. The van der Waals surface area contributed by atoms with Crippen molar-refractivity contribution in [1.82, 2.24) is 19.9 Å². The van der Waals surface area contributed by atoms with Crippen LogP contribution in [-0.2, 0) is 4.79 Å². The number of amides is 1. The van der Waals surface area contributed by atoms with Gasteiger partial charge in [0.1, 0.15) is 21.9 Å². The number of fused-ring (bicyclic) bond motifs is 1. The number of carbonyl (C=O) groups excluding carboxylic acids is 1. The Morgan fingerprint density at radius 3 is 2.52 bits per heavy atom. The first-order valence-electron chi connectivity index (χ1n) is 11.3. The molecule has 0 N–H and O–H groups in total. The van der Waals surface area contributed by atoms with E-state index in [1.807, 2.05) is 4.90 Å². The Kier molecular flexibility index (Phi) is 6.64. The van der Waals surface area contributed by atoms with Gasteiger partial charge in [-0.2, -0.15) is 4.98 Å². The molecule has 0 bridgehead atoms. The number of anilines is 2. The Morgan fingerprint density at radius 2 is 1.79 bits per heavy atom. The Bertz CT molecular complexity index is 1110. The van der Waals surface area contributed by atoms with Crippen LogP contribution in [0.1, 0.15) is 19.8 Å². The van der Waals surface area contributed by atoms with Crippen molar-refractivity contribution in [2.75, 3.05) is 54.8 Å². The van der Waals surface area contributed by atoms with Gasteiger partial charge in [-0.1, -0.05) is 30.0 Å². The van der Waals surface area contributed by atoms with E-state index in [2.05, 4.69) is 26.7 Å². The number of piperazine rings is 1. The van der Waals surface area contributed by atoms with E-state index in [1.54, 1.807) is 29.8 Å². The predicted molar refractivity (Wildman–Crippen MR) is 132 cm³/mol. The fourth-order valence-corrected chi connectivity index (χ4v) is 6.29. The van der Waals surface area contributed by atoms with Crippen LogP contribution in [0.3, 0.4) is 0 Å². The molecule has 2 aliphatic rings. The third-order valence-electron chi connectivity index (χ3n) is 6.36. The lowest BCUT2D eigenvalue weighted by atomic mass is 10.00. The quantitative estimate of drug-likeness (QED) is 0.400. The molecule has 10 heteroatoms. The van der Waals surface area contributed by atoms with Gasteiger partial charge in [-0.3, -0.25) is 4.79 Å². The van der Waals surface area contributed by atoms with Crippen LogP contribution in [0, 0.1) is 11.7 Å². The number of rotatable bonds is 5. The molecule has 1 amide bonds. The van der Waals surface area contributed by atoms with Crippen LogP contribution in [-0.4, -0.2) is 70.8 Å². The average Bonchev–Trinajstić information content (AvgIpc) is 3.28. The van der Waals surface area contributed by atoms with Gasteiger partial charge in [0.25, 0.3) is 0 Å². The molecule has 5 rings (SSSR count). The summed E-state index contributed by atoms with van der Waals surface area (Å²) in [5.41, 5.74) is 1.71. The molecule has 4 heterocycles. The minimum absolute atomic E-state index is 0.111. The van der Waals surface area contributed by atoms with E-state index >= 15 is 0 Å². The van der Waals surface area contributed by atoms with E-state index < -0.39 is 0 Å². The van der Waals surface area contributed by atoms with E-state index in [0.29, 0.717) is 24.5 Å². The first kappa shape index (κ1) is 22.3. The second-order valence-electron chi connectivity index (χ2n) is 8.63. The predicted octanol–water partition coefficient (Wildman–Crippen LogP) is 3.90. The summed E-state index contributed by atoms with van der Waals surface area (Å²) in [6.45, 7) is 7.16. The number of hydrogen-bond donors (Lipinski definition) is 0. The van der Waals surface area contributed by atoms with Gasteiger partial charge < -0.3 is 14.7 Å². The summed E-state index contributed by atoms with van der Waals surface area (Å²) in [6.07, 6.45) is 3.91. The highest BCUT2D eigenvalue weighted by atomic mass is 32.2. The zero-order chi connectivity index (χ0) is 22.8. The number of piperidine rings is 1. The highest BCUT2D eigenvalue weighted by Crippen LogP contribution is 2.35. The zero-order valence-corrected chi connectivity index (χ0v) is 20.2. The number of hydrogen-bond acceptors (Lipinski definition) is 8. The standard InChI is InChI=1S/C23H27FN6OS2/c1-16-6-8-30(9-7-16)23-27-21-20(33-23)22(26-15-25-21)32-14-19(31)29-12-10-28(11-13-29)18-4-2-17(24)3-5-18/h2-5,15-16H,6-14H2,1H3. The van der Waals surface area contributed by atoms with E-state index in [4.69, 9.17) is 4.98 Å². The van der Waals surface area contributed by atoms with Crippen molar-refractivity contribution in [2.45, 2.75) is 24.8 Å². The monoisotopic (exact) mass is 486 g/mol. The lowest BCUT2D eigenvalue weighted by Gasteiger charge is -2.36. The molecule has 0 spiro atoms. The van der Waals surface area contributed by atoms with Crippen LogP contribution in [0.2, 0.25) is 0 Å². The van der Waals surface area contributed by atoms with Crippen LogP contribution in [0.15, 0.2) is 35.6 Å². The molecule has 2 saturated heterocycles. The van der Waals surface area contributed by atoms with E-state index in [0.717, 1.165) is 52.6 Å². The van der Waals surface area contributed by atoms with Crippen molar-refractivity contribution >= 4 is 50.2 Å². The van der Waals surface area contributed by atoms with Gasteiger partial charge in [-0.15, -0.1) is 0 Å². The molecular formula is C23H27FN6OS2. The highest BCUT2D eigenvalue weighted by molar-refractivity contribution is 8.00. The molecule has 2 fully saturated rings. The normalized spacial score (nSPS) is 17.7. The average molecular weight is 487 g/mol. The minimum Gasteiger partial charge on any atom is -0.368 e. The smallest absolute Gasteiger partial charge is 0.233 e. The number of aromatic nitrogens is 3. The van der Waals surface area contributed by atoms with Crippen molar-refractivity contribution in [2.24, 2.45) is 5.92 Å². The minimum atomic E-state index is -0.234. The summed E-state index contributed by atoms with van der Waals surface area (Å²) >= 11 is 3.09. The van der Waals surface area contributed by atoms with Crippen molar-refractivity contribution in [1.29, 1.82) is 0 Å². The summed E-state index contributed by atoms with van der Waals surface area (Å²) in [7, 11) is 0. The molecule has 0 radical (unpaired) electrons. The second-order valence-corrected chi connectivity index (χ2v) is 10.6.